The minimum absolute atomic E-state index is 0.265. The van der Waals surface area contributed by atoms with Crippen LogP contribution in [-0.4, -0.2) is 22.3 Å². The average Bonchev–Trinajstić information content (AvgIpc) is 2.27. The molecule has 1 aromatic heterocycles. The maximum Gasteiger partial charge on any atom is 0.338 e. The van der Waals surface area contributed by atoms with Crippen molar-refractivity contribution in [3.05, 3.63) is 35.9 Å². The summed E-state index contributed by atoms with van der Waals surface area (Å²) in [5.41, 5.74) is 1.09. The van der Waals surface area contributed by atoms with Crippen molar-refractivity contribution in [1.82, 2.24) is 4.98 Å². The number of pyridine rings is 1. The summed E-state index contributed by atoms with van der Waals surface area (Å²) in [6.07, 6.45) is 1.82. The molecule has 1 N–H and O–H groups in total. The molecule has 0 fully saturated rings. The van der Waals surface area contributed by atoms with E-state index in [1.807, 2.05) is 30.5 Å². The van der Waals surface area contributed by atoms with E-state index in [-0.39, 0.29) is 5.56 Å². The van der Waals surface area contributed by atoms with E-state index in [0.717, 1.165) is 10.9 Å². The van der Waals surface area contributed by atoms with Gasteiger partial charge in [-0.3, -0.25) is 0 Å². The Kier molecular flexibility index (Phi) is 2.60. The summed E-state index contributed by atoms with van der Waals surface area (Å²) in [4.78, 5) is 15.3. The highest BCUT2D eigenvalue weighted by molar-refractivity contribution is 7.98. The molecular formula is C11H9NO2S. The lowest BCUT2D eigenvalue weighted by molar-refractivity contribution is 0.0692. The van der Waals surface area contributed by atoms with Crippen molar-refractivity contribution in [2.24, 2.45) is 0 Å². The van der Waals surface area contributed by atoms with Gasteiger partial charge in [-0.2, -0.15) is 0 Å². The maximum absolute atomic E-state index is 11.0. The molecule has 4 heteroatoms. The van der Waals surface area contributed by atoms with Crippen LogP contribution in [0.1, 0.15) is 10.4 Å². The van der Waals surface area contributed by atoms with Gasteiger partial charge in [0.15, 0.2) is 0 Å². The Morgan fingerprint density at radius 2 is 2.13 bits per heavy atom. The number of carboxylic acids is 1. The average molecular weight is 219 g/mol. The summed E-state index contributed by atoms with van der Waals surface area (Å²) < 4.78 is 0. The molecule has 1 aromatic carbocycles. The number of fused-ring (bicyclic) bond motifs is 1. The van der Waals surface area contributed by atoms with Gasteiger partial charge in [-0.15, -0.1) is 11.8 Å². The summed E-state index contributed by atoms with van der Waals surface area (Å²) >= 11 is 1.35. The lowest BCUT2D eigenvalue weighted by Gasteiger charge is -2.04. The van der Waals surface area contributed by atoms with E-state index >= 15 is 0 Å². The van der Waals surface area contributed by atoms with E-state index in [4.69, 9.17) is 5.11 Å². The molecule has 0 atom stereocenters. The van der Waals surface area contributed by atoms with Crippen LogP contribution < -0.4 is 0 Å². The number of para-hydroxylation sites is 1. The van der Waals surface area contributed by atoms with Gasteiger partial charge in [0.1, 0.15) is 5.03 Å². The number of nitrogens with zero attached hydrogens (tertiary/aromatic N) is 1. The van der Waals surface area contributed by atoms with Crippen molar-refractivity contribution in [3.63, 3.8) is 0 Å². The van der Waals surface area contributed by atoms with E-state index in [9.17, 15) is 4.79 Å². The number of rotatable bonds is 2. The smallest absolute Gasteiger partial charge is 0.338 e. The number of aromatic nitrogens is 1. The molecule has 0 unspecified atom stereocenters. The molecule has 76 valence electrons. The second kappa shape index (κ2) is 3.90. The molecule has 2 aromatic rings. The first-order valence-corrected chi connectivity index (χ1v) is 5.62. The summed E-state index contributed by atoms with van der Waals surface area (Å²) in [6.45, 7) is 0. The zero-order valence-electron chi connectivity index (χ0n) is 8.10. The van der Waals surface area contributed by atoms with Gasteiger partial charge in [0.05, 0.1) is 11.1 Å². The highest BCUT2D eigenvalue weighted by atomic mass is 32.2. The maximum atomic E-state index is 11.0. The quantitative estimate of drug-likeness (QED) is 0.789. The van der Waals surface area contributed by atoms with Gasteiger partial charge >= 0.3 is 5.97 Å². The van der Waals surface area contributed by atoms with Crippen molar-refractivity contribution >= 4 is 28.6 Å². The molecular weight excluding hydrogens is 210 g/mol. The topological polar surface area (TPSA) is 50.2 Å². The summed E-state index contributed by atoms with van der Waals surface area (Å²) in [5, 5.41) is 10.4. The molecule has 0 spiro atoms. The van der Waals surface area contributed by atoms with Crippen LogP contribution in [0.25, 0.3) is 10.9 Å². The minimum atomic E-state index is -0.933. The number of aromatic carboxylic acids is 1. The third-order valence-electron chi connectivity index (χ3n) is 2.11. The molecule has 0 saturated carbocycles. The van der Waals surface area contributed by atoms with Crippen molar-refractivity contribution < 1.29 is 9.90 Å². The van der Waals surface area contributed by atoms with Crippen molar-refractivity contribution in [2.75, 3.05) is 6.26 Å². The molecule has 3 nitrogen and oxygen atoms in total. The first-order valence-electron chi connectivity index (χ1n) is 4.39. The molecule has 0 saturated heterocycles. The van der Waals surface area contributed by atoms with E-state index < -0.39 is 5.97 Å². The van der Waals surface area contributed by atoms with Gasteiger partial charge in [0.25, 0.3) is 0 Å². The zero-order chi connectivity index (χ0) is 10.8. The number of carbonyl (C=O) groups is 1. The van der Waals surface area contributed by atoms with Crippen LogP contribution in [0, 0.1) is 0 Å². The third kappa shape index (κ3) is 1.80. The fourth-order valence-electron chi connectivity index (χ4n) is 1.41. The van der Waals surface area contributed by atoms with Crippen LogP contribution in [0.3, 0.4) is 0 Å². The predicted molar refractivity (Wildman–Crippen MR) is 60.5 cm³/mol. The number of hydrogen-bond donors (Lipinski definition) is 1. The van der Waals surface area contributed by atoms with Crippen LogP contribution in [0.4, 0.5) is 0 Å². The molecule has 0 aliphatic carbocycles. The van der Waals surface area contributed by atoms with E-state index in [2.05, 4.69) is 4.98 Å². The molecule has 0 aliphatic rings. The molecule has 1 heterocycles. The van der Waals surface area contributed by atoms with Crippen molar-refractivity contribution in [2.45, 2.75) is 5.03 Å². The molecule has 2 rings (SSSR count). The molecule has 0 aliphatic heterocycles. The highest BCUT2D eigenvalue weighted by Gasteiger charge is 2.11. The van der Waals surface area contributed by atoms with Crippen LogP contribution in [0.15, 0.2) is 35.4 Å². The van der Waals surface area contributed by atoms with Gasteiger partial charge in [0.2, 0.25) is 0 Å². The highest BCUT2D eigenvalue weighted by Crippen LogP contribution is 2.22. The minimum Gasteiger partial charge on any atom is -0.478 e. The Morgan fingerprint density at radius 1 is 1.40 bits per heavy atom. The van der Waals surface area contributed by atoms with E-state index in [1.54, 1.807) is 6.07 Å². The second-order valence-electron chi connectivity index (χ2n) is 3.04. The molecule has 0 bridgehead atoms. The normalized spacial score (nSPS) is 10.5. The van der Waals surface area contributed by atoms with Crippen molar-refractivity contribution in [3.8, 4) is 0 Å². The van der Waals surface area contributed by atoms with E-state index in [1.165, 1.54) is 11.8 Å². The Labute approximate surface area is 91.1 Å². The standard InChI is InChI=1S/C11H9NO2S/c1-15-10-8(11(13)14)6-7-4-2-3-5-9(7)12-10/h2-6H,1H3,(H,13,14). The summed E-state index contributed by atoms with van der Waals surface area (Å²) in [6, 6.07) is 9.16. The SMILES string of the molecule is CSc1nc2ccccc2cc1C(=O)O. The lowest BCUT2D eigenvalue weighted by Crippen LogP contribution is -2.00. The number of hydrogen-bond acceptors (Lipinski definition) is 3. The monoisotopic (exact) mass is 219 g/mol. The molecule has 15 heavy (non-hydrogen) atoms. The van der Waals surface area contributed by atoms with Gasteiger partial charge in [-0.25, -0.2) is 9.78 Å². The predicted octanol–water partition coefficient (Wildman–Crippen LogP) is 2.65. The van der Waals surface area contributed by atoms with Gasteiger partial charge in [0, 0.05) is 5.39 Å². The lowest BCUT2D eigenvalue weighted by atomic mass is 10.1. The number of thioether (sulfide) groups is 1. The Hall–Kier alpha value is -1.55. The van der Waals surface area contributed by atoms with Crippen LogP contribution in [0.2, 0.25) is 0 Å². The van der Waals surface area contributed by atoms with E-state index in [0.29, 0.717) is 5.03 Å². The second-order valence-corrected chi connectivity index (χ2v) is 3.84. The fourth-order valence-corrected chi connectivity index (χ4v) is 1.96. The third-order valence-corrected chi connectivity index (χ3v) is 2.81. The first-order chi connectivity index (χ1) is 7.22. The van der Waals surface area contributed by atoms with Crippen LogP contribution >= 0.6 is 11.8 Å². The Balaban J connectivity index is 2.74. The Morgan fingerprint density at radius 3 is 2.80 bits per heavy atom. The Bertz CT molecular complexity index is 525. The van der Waals surface area contributed by atoms with Gasteiger partial charge < -0.3 is 5.11 Å². The van der Waals surface area contributed by atoms with Crippen LogP contribution in [0.5, 0.6) is 0 Å². The van der Waals surface area contributed by atoms with Crippen LogP contribution in [-0.2, 0) is 0 Å². The number of benzene rings is 1. The summed E-state index contributed by atoms with van der Waals surface area (Å²) in [7, 11) is 0. The van der Waals surface area contributed by atoms with Gasteiger partial charge in [-0.05, 0) is 18.4 Å². The summed E-state index contributed by atoms with van der Waals surface area (Å²) in [5.74, 6) is -0.933. The molecule has 0 amide bonds. The van der Waals surface area contributed by atoms with Gasteiger partial charge in [-0.1, -0.05) is 18.2 Å². The zero-order valence-corrected chi connectivity index (χ0v) is 8.91. The van der Waals surface area contributed by atoms with Crippen molar-refractivity contribution in [1.29, 1.82) is 0 Å². The first kappa shape index (κ1) is 9.98. The number of carboxylic acid groups (broad SMARTS) is 1. The largest absolute Gasteiger partial charge is 0.478 e. The molecule has 0 radical (unpaired) electrons. The fraction of sp³-hybridized carbons (Fsp3) is 0.0909.